The highest BCUT2D eigenvalue weighted by molar-refractivity contribution is 7.89. The largest absolute Gasteiger partial charge is 0.322 e. The fourth-order valence-corrected chi connectivity index (χ4v) is 2.52. The van der Waals surface area contributed by atoms with Crippen LogP contribution in [0.3, 0.4) is 0 Å². The molecule has 104 valence electrons. The third-order valence-corrected chi connectivity index (χ3v) is 3.88. The molecular weight excluding hydrogens is 264 g/mol. The summed E-state index contributed by atoms with van der Waals surface area (Å²) in [6, 6.07) is 6.09. The van der Waals surface area contributed by atoms with Crippen molar-refractivity contribution in [1.82, 2.24) is 4.72 Å². The molecule has 19 heavy (non-hydrogen) atoms. The highest BCUT2D eigenvalue weighted by Crippen LogP contribution is 2.15. The van der Waals surface area contributed by atoms with E-state index >= 15 is 0 Å². The molecule has 1 rings (SSSR count). The minimum absolute atomic E-state index is 0.130. The normalized spacial score (nSPS) is 11.0. The molecule has 0 unspecified atom stereocenters. The van der Waals surface area contributed by atoms with Gasteiger partial charge >= 0.3 is 0 Å². The first-order chi connectivity index (χ1) is 8.99. The quantitative estimate of drug-likeness (QED) is 0.592. The lowest BCUT2D eigenvalue weighted by Gasteiger charge is -2.08. The van der Waals surface area contributed by atoms with Crippen molar-refractivity contribution in [2.24, 2.45) is 0 Å². The molecule has 0 radical (unpaired) electrons. The Morgan fingerprint density at radius 1 is 1.42 bits per heavy atom. The molecule has 0 atom stereocenters. The Labute approximate surface area is 113 Å². The third-order valence-electron chi connectivity index (χ3n) is 2.42. The van der Waals surface area contributed by atoms with Gasteiger partial charge in [-0.1, -0.05) is 26.0 Å². The molecular formula is C13H18N2O3S. The number of carbonyl (C=O) groups is 1. The number of amides is 1. The maximum Gasteiger partial charge on any atom is 0.247 e. The van der Waals surface area contributed by atoms with Gasteiger partial charge in [-0.3, -0.25) is 4.79 Å². The molecule has 0 aromatic heterocycles. The van der Waals surface area contributed by atoms with E-state index in [-0.39, 0.29) is 10.8 Å². The van der Waals surface area contributed by atoms with Crippen LogP contribution in [-0.2, 0) is 14.8 Å². The van der Waals surface area contributed by atoms with Crippen LogP contribution in [0, 0.1) is 0 Å². The molecule has 0 aliphatic carbocycles. The van der Waals surface area contributed by atoms with Crippen molar-refractivity contribution in [2.45, 2.75) is 24.7 Å². The van der Waals surface area contributed by atoms with Crippen molar-refractivity contribution in [3.63, 3.8) is 0 Å². The van der Waals surface area contributed by atoms with Crippen LogP contribution < -0.4 is 10.0 Å². The van der Waals surface area contributed by atoms with Gasteiger partial charge < -0.3 is 5.32 Å². The summed E-state index contributed by atoms with van der Waals surface area (Å²) >= 11 is 0. The molecule has 2 N–H and O–H groups in total. The zero-order chi connectivity index (χ0) is 14.3. The van der Waals surface area contributed by atoms with Gasteiger partial charge in [-0.25, -0.2) is 13.1 Å². The lowest BCUT2D eigenvalue weighted by atomic mass is 10.3. The Hall–Kier alpha value is -1.66. The summed E-state index contributed by atoms with van der Waals surface area (Å²) in [4.78, 5) is 11.3. The number of benzene rings is 1. The number of anilines is 1. The van der Waals surface area contributed by atoms with E-state index in [1.54, 1.807) is 12.1 Å². The Bertz CT molecular complexity index is 553. The molecule has 6 heteroatoms. The Morgan fingerprint density at radius 2 is 2.16 bits per heavy atom. The van der Waals surface area contributed by atoms with Gasteiger partial charge in [0.2, 0.25) is 15.9 Å². The smallest absolute Gasteiger partial charge is 0.247 e. The summed E-state index contributed by atoms with van der Waals surface area (Å²) in [6.45, 7) is 5.73. The molecule has 0 bridgehead atoms. The summed E-state index contributed by atoms with van der Waals surface area (Å²) in [5.41, 5.74) is 0.420. The standard InChI is InChI=1S/C13H18N2O3S/c1-3-5-9-14-19(17,18)12-8-6-7-11(10-12)15-13(16)4-2/h4,6-8,10,14H,2-3,5,9H2,1H3,(H,15,16). The highest BCUT2D eigenvalue weighted by atomic mass is 32.2. The summed E-state index contributed by atoms with van der Waals surface area (Å²) in [5, 5.41) is 2.52. The van der Waals surface area contributed by atoms with Gasteiger partial charge in [0.1, 0.15) is 0 Å². The number of sulfonamides is 1. The first kappa shape index (κ1) is 15.4. The van der Waals surface area contributed by atoms with Crippen molar-refractivity contribution in [2.75, 3.05) is 11.9 Å². The maximum atomic E-state index is 12.0. The lowest BCUT2D eigenvalue weighted by Crippen LogP contribution is -2.24. The number of hydrogen-bond donors (Lipinski definition) is 2. The van der Waals surface area contributed by atoms with E-state index in [4.69, 9.17) is 0 Å². The van der Waals surface area contributed by atoms with Crippen LogP contribution in [0.25, 0.3) is 0 Å². The number of unbranched alkanes of at least 4 members (excludes halogenated alkanes) is 1. The molecule has 1 amide bonds. The third kappa shape index (κ3) is 4.84. The van der Waals surface area contributed by atoms with Crippen molar-refractivity contribution in [3.8, 4) is 0 Å². The molecule has 0 fully saturated rings. The Kier molecular flexibility index (Phi) is 5.72. The fourth-order valence-electron chi connectivity index (χ4n) is 1.40. The van der Waals surface area contributed by atoms with Gasteiger partial charge in [-0.2, -0.15) is 0 Å². The molecule has 0 spiro atoms. The van der Waals surface area contributed by atoms with Crippen LogP contribution >= 0.6 is 0 Å². The highest BCUT2D eigenvalue weighted by Gasteiger charge is 2.13. The van der Waals surface area contributed by atoms with E-state index < -0.39 is 10.0 Å². The van der Waals surface area contributed by atoms with Gasteiger partial charge in [0.05, 0.1) is 4.90 Å². The van der Waals surface area contributed by atoms with Gasteiger partial charge in [-0.05, 0) is 30.7 Å². The van der Waals surface area contributed by atoms with E-state index in [9.17, 15) is 13.2 Å². The summed E-state index contributed by atoms with van der Waals surface area (Å²) < 4.78 is 26.5. The summed E-state index contributed by atoms with van der Waals surface area (Å²) in [6.07, 6.45) is 2.82. The number of hydrogen-bond acceptors (Lipinski definition) is 3. The van der Waals surface area contributed by atoms with Crippen molar-refractivity contribution < 1.29 is 13.2 Å². The monoisotopic (exact) mass is 282 g/mol. The van der Waals surface area contributed by atoms with Crippen LogP contribution in [0.5, 0.6) is 0 Å². The second-order valence-electron chi connectivity index (χ2n) is 3.97. The summed E-state index contributed by atoms with van der Waals surface area (Å²) in [5.74, 6) is -0.381. The van der Waals surface area contributed by atoms with E-state index in [1.165, 1.54) is 12.1 Å². The Morgan fingerprint density at radius 3 is 2.79 bits per heavy atom. The van der Waals surface area contributed by atoms with Gasteiger partial charge in [0, 0.05) is 12.2 Å². The topological polar surface area (TPSA) is 75.3 Å². The molecule has 5 nitrogen and oxygen atoms in total. The fraction of sp³-hybridized carbons (Fsp3) is 0.308. The van der Waals surface area contributed by atoms with E-state index in [1.807, 2.05) is 6.92 Å². The first-order valence-corrected chi connectivity index (χ1v) is 7.51. The second kappa shape index (κ2) is 7.06. The molecule has 0 saturated carbocycles. The van der Waals surface area contributed by atoms with E-state index in [2.05, 4.69) is 16.6 Å². The van der Waals surface area contributed by atoms with Gasteiger partial charge in [0.25, 0.3) is 0 Å². The van der Waals surface area contributed by atoms with Crippen LogP contribution in [0.15, 0.2) is 41.8 Å². The average molecular weight is 282 g/mol. The zero-order valence-corrected chi connectivity index (χ0v) is 11.7. The van der Waals surface area contributed by atoms with E-state index in [0.717, 1.165) is 18.9 Å². The van der Waals surface area contributed by atoms with Crippen LogP contribution in [0.4, 0.5) is 5.69 Å². The van der Waals surface area contributed by atoms with Crippen molar-refractivity contribution in [1.29, 1.82) is 0 Å². The minimum atomic E-state index is -3.52. The molecule has 0 aliphatic rings. The van der Waals surface area contributed by atoms with E-state index in [0.29, 0.717) is 12.2 Å². The van der Waals surface area contributed by atoms with Gasteiger partial charge in [0.15, 0.2) is 0 Å². The SMILES string of the molecule is C=CC(=O)Nc1cccc(S(=O)(=O)NCCCC)c1. The zero-order valence-electron chi connectivity index (χ0n) is 10.8. The minimum Gasteiger partial charge on any atom is -0.322 e. The number of nitrogens with one attached hydrogen (secondary N) is 2. The molecule has 0 aliphatic heterocycles. The van der Waals surface area contributed by atoms with Gasteiger partial charge in [-0.15, -0.1) is 0 Å². The lowest BCUT2D eigenvalue weighted by molar-refractivity contribution is -0.111. The van der Waals surface area contributed by atoms with Crippen molar-refractivity contribution in [3.05, 3.63) is 36.9 Å². The van der Waals surface area contributed by atoms with Crippen LogP contribution in [0.2, 0.25) is 0 Å². The van der Waals surface area contributed by atoms with Crippen LogP contribution in [0.1, 0.15) is 19.8 Å². The average Bonchev–Trinajstić information content (AvgIpc) is 2.39. The number of rotatable bonds is 7. The molecule has 1 aromatic carbocycles. The number of carbonyl (C=O) groups excluding carboxylic acids is 1. The second-order valence-corrected chi connectivity index (χ2v) is 5.74. The predicted molar refractivity (Wildman–Crippen MR) is 75.4 cm³/mol. The maximum absolute atomic E-state index is 12.0. The predicted octanol–water partition coefficient (Wildman–Crippen LogP) is 1.89. The molecule has 0 saturated heterocycles. The van der Waals surface area contributed by atoms with Crippen LogP contribution in [-0.4, -0.2) is 20.9 Å². The first-order valence-electron chi connectivity index (χ1n) is 6.02. The summed E-state index contributed by atoms with van der Waals surface area (Å²) in [7, 11) is -3.52. The molecule has 0 heterocycles. The van der Waals surface area contributed by atoms with Crippen molar-refractivity contribution >= 4 is 21.6 Å². The Balaban J connectivity index is 2.85. The molecule has 1 aromatic rings.